The average molecular weight is 258 g/mol. The summed E-state index contributed by atoms with van der Waals surface area (Å²) < 4.78 is 0. The number of likely N-dealkylation sites (tertiary alicyclic amines) is 1. The molecule has 0 bridgehead atoms. The number of rotatable bonds is 1. The molecule has 1 amide bonds. The molecule has 2 fully saturated rings. The van der Waals surface area contributed by atoms with E-state index in [9.17, 15) is 4.79 Å². The van der Waals surface area contributed by atoms with Crippen molar-refractivity contribution >= 4 is 17.5 Å². The second kappa shape index (κ2) is 5.17. The molecular formula is C14H24ClNO. The van der Waals surface area contributed by atoms with E-state index in [0.29, 0.717) is 11.8 Å². The van der Waals surface area contributed by atoms with Crippen LogP contribution >= 0.6 is 11.6 Å². The highest BCUT2D eigenvalue weighted by Gasteiger charge is 2.39. The van der Waals surface area contributed by atoms with Crippen LogP contribution in [0.5, 0.6) is 0 Å². The predicted octanol–water partition coefficient (Wildman–Crippen LogP) is 3.43. The minimum absolute atomic E-state index is 0.102. The molecule has 2 nitrogen and oxygen atoms in total. The van der Waals surface area contributed by atoms with E-state index in [4.69, 9.17) is 11.6 Å². The number of hydrogen-bond donors (Lipinski definition) is 0. The van der Waals surface area contributed by atoms with Gasteiger partial charge < -0.3 is 4.90 Å². The second-order valence-electron chi connectivity index (χ2n) is 6.15. The lowest BCUT2D eigenvalue weighted by Gasteiger charge is -2.41. The molecule has 3 heteroatoms. The number of hydrogen-bond acceptors (Lipinski definition) is 1. The van der Waals surface area contributed by atoms with Crippen molar-refractivity contribution < 1.29 is 4.79 Å². The van der Waals surface area contributed by atoms with Gasteiger partial charge in [-0.05, 0) is 25.2 Å². The lowest BCUT2D eigenvalue weighted by molar-refractivity contribution is -0.144. The van der Waals surface area contributed by atoms with Gasteiger partial charge in [0.15, 0.2) is 0 Å². The van der Waals surface area contributed by atoms with E-state index < -0.39 is 0 Å². The monoisotopic (exact) mass is 257 g/mol. The average Bonchev–Trinajstić information content (AvgIpc) is 2.33. The van der Waals surface area contributed by atoms with Crippen LogP contribution in [0.2, 0.25) is 0 Å². The SMILES string of the molecule is CC1CCN(C(=O)C2(C)CCCCC2)CC1Cl. The molecule has 2 aliphatic rings. The quantitative estimate of drug-likeness (QED) is 0.659. The second-order valence-corrected chi connectivity index (χ2v) is 6.72. The molecule has 0 radical (unpaired) electrons. The summed E-state index contributed by atoms with van der Waals surface area (Å²) in [7, 11) is 0. The third-order valence-electron chi connectivity index (χ3n) is 4.63. The van der Waals surface area contributed by atoms with Gasteiger partial charge in [0.05, 0.1) is 5.38 Å². The van der Waals surface area contributed by atoms with Crippen LogP contribution in [-0.2, 0) is 4.79 Å². The minimum Gasteiger partial charge on any atom is -0.341 e. The first-order valence-electron chi connectivity index (χ1n) is 6.96. The Balaban J connectivity index is 1.99. The fourth-order valence-corrected chi connectivity index (χ4v) is 3.43. The Morgan fingerprint density at radius 3 is 2.53 bits per heavy atom. The number of nitrogens with zero attached hydrogens (tertiary/aromatic N) is 1. The Hall–Kier alpha value is -0.240. The Kier molecular flexibility index (Phi) is 4.02. The first-order chi connectivity index (χ1) is 8.03. The zero-order valence-corrected chi connectivity index (χ0v) is 11.8. The van der Waals surface area contributed by atoms with Gasteiger partial charge in [0.2, 0.25) is 5.91 Å². The first-order valence-corrected chi connectivity index (χ1v) is 7.40. The molecule has 1 saturated carbocycles. The van der Waals surface area contributed by atoms with Crippen LogP contribution in [0, 0.1) is 11.3 Å². The van der Waals surface area contributed by atoms with Crippen molar-refractivity contribution in [2.75, 3.05) is 13.1 Å². The molecule has 0 spiro atoms. The predicted molar refractivity (Wildman–Crippen MR) is 71.2 cm³/mol. The fraction of sp³-hybridized carbons (Fsp3) is 0.929. The van der Waals surface area contributed by atoms with Gasteiger partial charge in [-0.2, -0.15) is 0 Å². The van der Waals surface area contributed by atoms with Crippen molar-refractivity contribution in [2.45, 2.75) is 57.7 Å². The maximum atomic E-state index is 12.6. The van der Waals surface area contributed by atoms with Gasteiger partial charge >= 0.3 is 0 Å². The van der Waals surface area contributed by atoms with Crippen LogP contribution in [0.15, 0.2) is 0 Å². The minimum atomic E-state index is -0.102. The van der Waals surface area contributed by atoms with E-state index in [2.05, 4.69) is 13.8 Å². The van der Waals surface area contributed by atoms with Gasteiger partial charge in [0, 0.05) is 18.5 Å². The van der Waals surface area contributed by atoms with E-state index >= 15 is 0 Å². The van der Waals surface area contributed by atoms with Crippen LogP contribution in [0.3, 0.4) is 0 Å². The zero-order chi connectivity index (χ0) is 12.5. The lowest BCUT2D eigenvalue weighted by Crippen LogP contribution is -2.50. The van der Waals surface area contributed by atoms with Gasteiger partial charge in [0.1, 0.15) is 0 Å². The van der Waals surface area contributed by atoms with Crippen LogP contribution in [-0.4, -0.2) is 29.3 Å². The van der Waals surface area contributed by atoms with Crippen LogP contribution in [0.4, 0.5) is 0 Å². The molecule has 1 saturated heterocycles. The van der Waals surface area contributed by atoms with Gasteiger partial charge in [-0.25, -0.2) is 0 Å². The summed E-state index contributed by atoms with van der Waals surface area (Å²) in [5.41, 5.74) is -0.102. The third-order valence-corrected chi connectivity index (χ3v) is 5.20. The largest absolute Gasteiger partial charge is 0.341 e. The molecule has 0 N–H and O–H groups in total. The molecule has 2 unspecified atom stereocenters. The van der Waals surface area contributed by atoms with Gasteiger partial charge in [-0.1, -0.05) is 33.1 Å². The molecule has 0 aromatic heterocycles. The Bertz CT molecular complexity index is 286. The summed E-state index contributed by atoms with van der Waals surface area (Å²) in [6.45, 7) is 5.98. The smallest absolute Gasteiger partial charge is 0.228 e. The van der Waals surface area contributed by atoms with E-state index in [1.807, 2.05) is 4.90 Å². The van der Waals surface area contributed by atoms with E-state index in [-0.39, 0.29) is 10.8 Å². The Morgan fingerprint density at radius 1 is 1.29 bits per heavy atom. The highest BCUT2D eigenvalue weighted by atomic mass is 35.5. The molecule has 2 rings (SSSR count). The molecule has 0 aromatic carbocycles. The standard InChI is InChI=1S/C14H24ClNO/c1-11-6-9-16(10-12(11)15)13(17)14(2)7-4-3-5-8-14/h11-12H,3-10H2,1-2H3. The Morgan fingerprint density at radius 2 is 1.94 bits per heavy atom. The number of alkyl halides is 1. The van der Waals surface area contributed by atoms with Gasteiger partial charge in [-0.3, -0.25) is 4.79 Å². The van der Waals surface area contributed by atoms with Crippen molar-refractivity contribution in [1.29, 1.82) is 0 Å². The molecular weight excluding hydrogens is 234 g/mol. The summed E-state index contributed by atoms with van der Waals surface area (Å²) in [6.07, 6.45) is 6.87. The first kappa shape index (κ1) is 13.2. The number of halogens is 1. The maximum absolute atomic E-state index is 12.6. The van der Waals surface area contributed by atoms with E-state index in [1.54, 1.807) is 0 Å². The van der Waals surface area contributed by atoms with Crippen molar-refractivity contribution in [3.05, 3.63) is 0 Å². The zero-order valence-electron chi connectivity index (χ0n) is 11.0. The molecule has 0 aromatic rings. The molecule has 1 heterocycles. The molecule has 98 valence electrons. The summed E-state index contributed by atoms with van der Waals surface area (Å²) in [5.74, 6) is 0.898. The number of carbonyl (C=O) groups excluding carboxylic acids is 1. The van der Waals surface area contributed by atoms with E-state index in [1.165, 1.54) is 19.3 Å². The highest BCUT2D eigenvalue weighted by molar-refractivity contribution is 6.21. The number of piperidine rings is 1. The fourth-order valence-electron chi connectivity index (χ4n) is 3.13. The van der Waals surface area contributed by atoms with Gasteiger partial charge in [0.25, 0.3) is 0 Å². The lowest BCUT2D eigenvalue weighted by atomic mass is 9.74. The van der Waals surface area contributed by atoms with Gasteiger partial charge in [-0.15, -0.1) is 11.6 Å². The summed E-state index contributed by atoms with van der Waals surface area (Å²) >= 11 is 6.30. The van der Waals surface area contributed by atoms with Crippen molar-refractivity contribution in [2.24, 2.45) is 11.3 Å². The molecule has 1 aliphatic carbocycles. The van der Waals surface area contributed by atoms with Crippen LogP contribution < -0.4 is 0 Å². The van der Waals surface area contributed by atoms with Crippen LogP contribution in [0.1, 0.15) is 52.4 Å². The summed E-state index contributed by atoms with van der Waals surface area (Å²) in [4.78, 5) is 14.6. The summed E-state index contributed by atoms with van der Waals surface area (Å²) in [5, 5.41) is 0.139. The van der Waals surface area contributed by atoms with E-state index in [0.717, 1.165) is 32.4 Å². The third kappa shape index (κ3) is 2.78. The van der Waals surface area contributed by atoms with Crippen molar-refractivity contribution in [3.63, 3.8) is 0 Å². The number of amides is 1. The molecule has 17 heavy (non-hydrogen) atoms. The topological polar surface area (TPSA) is 20.3 Å². The molecule has 1 aliphatic heterocycles. The van der Waals surface area contributed by atoms with Crippen molar-refractivity contribution in [1.82, 2.24) is 4.90 Å². The van der Waals surface area contributed by atoms with Crippen molar-refractivity contribution in [3.8, 4) is 0 Å². The maximum Gasteiger partial charge on any atom is 0.228 e. The highest BCUT2D eigenvalue weighted by Crippen LogP contribution is 2.38. The number of carbonyl (C=O) groups is 1. The Labute approximate surface area is 110 Å². The normalized spacial score (nSPS) is 33.5. The molecule has 2 atom stereocenters. The van der Waals surface area contributed by atoms with Crippen LogP contribution in [0.25, 0.3) is 0 Å². The summed E-state index contributed by atoms with van der Waals surface area (Å²) in [6, 6.07) is 0.